The molecule has 0 saturated carbocycles. The Bertz CT molecular complexity index is 1290. The minimum absolute atomic E-state index is 0.0460. The van der Waals surface area contributed by atoms with Crippen LogP contribution in [0.1, 0.15) is 17.0 Å². The smallest absolute Gasteiger partial charge is 0.339 e. The van der Waals surface area contributed by atoms with Gasteiger partial charge in [0.25, 0.3) is 10.0 Å². The zero-order valence-electron chi connectivity index (χ0n) is 17.8. The maximum atomic E-state index is 13.4. The fraction of sp³-hybridized carbons (Fsp3) is 0.273. The first kappa shape index (κ1) is 23.9. The van der Waals surface area contributed by atoms with Gasteiger partial charge in [-0.15, -0.1) is 0 Å². The van der Waals surface area contributed by atoms with E-state index in [0.717, 1.165) is 28.6 Å². The summed E-state index contributed by atoms with van der Waals surface area (Å²) in [6.07, 6.45) is -1.82. The van der Waals surface area contributed by atoms with Crippen molar-refractivity contribution in [2.45, 2.75) is 17.1 Å². The van der Waals surface area contributed by atoms with Gasteiger partial charge in [0.05, 0.1) is 17.8 Å². The normalized spacial score (nSPS) is 19.3. The minimum Gasteiger partial charge on any atom is -0.339 e. The number of nitrogens with one attached hydrogen (secondary N) is 1. The number of alkyl halides is 3. The number of hydrogen-bond acceptors (Lipinski definition) is 4. The number of imidazole rings is 1. The maximum Gasteiger partial charge on any atom is 0.416 e. The standard InChI is InChI=1S/C22H20F4N4O3S/c1-29-12-20(27-13-29)34(32,33)30-10-18(14-2-6-16(23)7-3-14)19(11-30)21(31)28-17-8-4-15(5-9-17)22(24,25)26/h2-9,12-13,18-19H,10-11H2,1H3,(H,28,31)/t18-,19+/m1/s1. The Balaban J connectivity index is 1.61. The van der Waals surface area contributed by atoms with Crippen LogP contribution in [0.3, 0.4) is 0 Å². The Morgan fingerprint density at radius 3 is 2.26 bits per heavy atom. The lowest BCUT2D eigenvalue weighted by molar-refractivity contribution is -0.137. The van der Waals surface area contributed by atoms with Crippen molar-refractivity contribution in [3.8, 4) is 0 Å². The highest BCUT2D eigenvalue weighted by Gasteiger charge is 2.44. The molecule has 34 heavy (non-hydrogen) atoms. The molecule has 2 heterocycles. The van der Waals surface area contributed by atoms with Crippen LogP contribution in [0.4, 0.5) is 23.2 Å². The first-order valence-electron chi connectivity index (χ1n) is 10.2. The molecule has 0 aliphatic carbocycles. The molecule has 2 atom stereocenters. The van der Waals surface area contributed by atoms with Crippen molar-refractivity contribution in [1.82, 2.24) is 13.9 Å². The molecule has 1 aromatic heterocycles. The third-order valence-corrected chi connectivity index (χ3v) is 7.40. The highest BCUT2D eigenvalue weighted by Crippen LogP contribution is 2.37. The predicted octanol–water partition coefficient (Wildman–Crippen LogP) is 3.62. The third kappa shape index (κ3) is 4.82. The summed E-state index contributed by atoms with van der Waals surface area (Å²) in [7, 11) is -2.38. The zero-order valence-corrected chi connectivity index (χ0v) is 18.6. The van der Waals surface area contributed by atoms with Crippen LogP contribution in [0.5, 0.6) is 0 Å². The fourth-order valence-corrected chi connectivity index (χ4v) is 5.37. The summed E-state index contributed by atoms with van der Waals surface area (Å²) in [6, 6.07) is 9.35. The summed E-state index contributed by atoms with van der Waals surface area (Å²) in [5, 5.41) is 2.40. The molecule has 1 saturated heterocycles. The lowest BCUT2D eigenvalue weighted by atomic mass is 9.88. The average molecular weight is 496 g/mol. The van der Waals surface area contributed by atoms with Gasteiger partial charge in [0.2, 0.25) is 5.91 Å². The monoisotopic (exact) mass is 496 g/mol. The number of aryl methyl sites for hydroxylation is 1. The van der Waals surface area contributed by atoms with Crippen molar-refractivity contribution in [2.24, 2.45) is 13.0 Å². The summed E-state index contributed by atoms with van der Waals surface area (Å²) in [4.78, 5) is 17.0. The number of nitrogens with zero attached hydrogens (tertiary/aromatic N) is 3. The Hall–Kier alpha value is -3.25. The van der Waals surface area contributed by atoms with Crippen LogP contribution in [-0.2, 0) is 28.0 Å². The molecule has 12 heteroatoms. The molecule has 0 unspecified atom stereocenters. The molecule has 0 spiro atoms. The van der Waals surface area contributed by atoms with Gasteiger partial charge in [-0.3, -0.25) is 4.79 Å². The second-order valence-electron chi connectivity index (χ2n) is 8.03. The van der Waals surface area contributed by atoms with E-state index in [1.165, 1.54) is 41.4 Å². The van der Waals surface area contributed by atoms with Crippen molar-refractivity contribution < 1.29 is 30.8 Å². The van der Waals surface area contributed by atoms with Crippen LogP contribution in [0.2, 0.25) is 0 Å². The minimum atomic E-state index is -4.51. The molecule has 1 N–H and O–H groups in total. The van der Waals surface area contributed by atoms with Crippen LogP contribution in [0.25, 0.3) is 0 Å². The van der Waals surface area contributed by atoms with E-state index in [2.05, 4.69) is 10.3 Å². The van der Waals surface area contributed by atoms with Crippen LogP contribution in [0.15, 0.2) is 66.1 Å². The summed E-state index contributed by atoms with van der Waals surface area (Å²) < 4.78 is 80.7. The lowest BCUT2D eigenvalue weighted by Gasteiger charge is -2.18. The van der Waals surface area contributed by atoms with Crippen molar-refractivity contribution in [3.05, 3.63) is 78.0 Å². The van der Waals surface area contributed by atoms with Gasteiger partial charge < -0.3 is 9.88 Å². The van der Waals surface area contributed by atoms with Gasteiger partial charge in [-0.2, -0.15) is 17.5 Å². The number of sulfonamides is 1. The largest absolute Gasteiger partial charge is 0.416 e. The van der Waals surface area contributed by atoms with E-state index >= 15 is 0 Å². The van der Waals surface area contributed by atoms with Gasteiger partial charge in [0, 0.05) is 37.9 Å². The quantitative estimate of drug-likeness (QED) is 0.547. The Kier molecular flexibility index (Phi) is 6.21. The third-order valence-electron chi connectivity index (χ3n) is 5.69. The van der Waals surface area contributed by atoms with E-state index in [4.69, 9.17) is 0 Å². The molecule has 180 valence electrons. The number of rotatable bonds is 5. The number of anilines is 1. The van der Waals surface area contributed by atoms with Crippen LogP contribution in [-0.4, -0.2) is 41.3 Å². The summed E-state index contributed by atoms with van der Waals surface area (Å²) in [6.45, 7) is -0.219. The van der Waals surface area contributed by atoms with Crippen LogP contribution < -0.4 is 5.32 Å². The molecule has 4 rings (SSSR count). The molecule has 0 radical (unpaired) electrons. The summed E-state index contributed by atoms with van der Waals surface area (Å²) in [5.74, 6) is -2.52. The lowest BCUT2D eigenvalue weighted by Crippen LogP contribution is -2.32. The van der Waals surface area contributed by atoms with Gasteiger partial charge in [-0.1, -0.05) is 12.1 Å². The Morgan fingerprint density at radius 1 is 1.06 bits per heavy atom. The van der Waals surface area contributed by atoms with Crippen LogP contribution >= 0.6 is 0 Å². The first-order valence-corrected chi connectivity index (χ1v) is 11.6. The molecule has 1 amide bonds. The molecule has 7 nitrogen and oxygen atoms in total. The van der Waals surface area contributed by atoms with E-state index in [-0.39, 0.29) is 23.8 Å². The fourth-order valence-electron chi connectivity index (χ4n) is 3.91. The Labute approximate surface area is 193 Å². The predicted molar refractivity (Wildman–Crippen MR) is 115 cm³/mol. The van der Waals surface area contributed by atoms with Crippen LogP contribution in [0, 0.1) is 11.7 Å². The van der Waals surface area contributed by atoms with Crippen molar-refractivity contribution in [3.63, 3.8) is 0 Å². The van der Waals surface area contributed by atoms with E-state index < -0.39 is 45.3 Å². The number of aromatic nitrogens is 2. The van der Waals surface area contributed by atoms with Gasteiger partial charge in [-0.25, -0.2) is 17.8 Å². The summed E-state index contributed by atoms with van der Waals surface area (Å²) >= 11 is 0. The summed E-state index contributed by atoms with van der Waals surface area (Å²) in [5.41, 5.74) is -0.155. The molecule has 3 aromatic rings. The highest BCUT2D eigenvalue weighted by atomic mass is 32.2. The maximum absolute atomic E-state index is 13.4. The SMILES string of the molecule is Cn1cnc(S(=O)(=O)N2C[C@H](C(=O)Nc3ccc(C(F)(F)F)cc3)[C@@H](c3ccc(F)cc3)C2)c1. The topological polar surface area (TPSA) is 84.3 Å². The number of carbonyl (C=O) groups excluding carboxylic acids is 1. The highest BCUT2D eigenvalue weighted by molar-refractivity contribution is 7.89. The number of halogens is 4. The molecule has 0 bridgehead atoms. The molecular formula is C22H20F4N4O3S. The van der Waals surface area contributed by atoms with Gasteiger partial charge in [0.15, 0.2) is 5.03 Å². The second-order valence-corrected chi connectivity index (χ2v) is 9.91. The van der Waals surface area contributed by atoms with Gasteiger partial charge in [0.1, 0.15) is 5.82 Å². The van der Waals surface area contributed by atoms with Crippen molar-refractivity contribution in [2.75, 3.05) is 18.4 Å². The second kappa shape index (κ2) is 8.84. The van der Waals surface area contributed by atoms with Gasteiger partial charge >= 0.3 is 6.18 Å². The van der Waals surface area contributed by atoms with E-state index in [1.54, 1.807) is 7.05 Å². The van der Waals surface area contributed by atoms with Crippen molar-refractivity contribution >= 4 is 21.6 Å². The molecule has 1 aliphatic rings. The Morgan fingerprint density at radius 2 is 1.71 bits per heavy atom. The number of hydrogen-bond donors (Lipinski definition) is 1. The number of carbonyl (C=O) groups is 1. The van der Waals surface area contributed by atoms with E-state index in [1.807, 2.05) is 0 Å². The van der Waals surface area contributed by atoms with Crippen molar-refractivity contribution in [1.29, 1.82) is 0 Å². The number of benzene rings is 2. The molecular weight excluding hydrogens is 476 g/mol. The molecule has 1 aliphatic heterocycles. The van der Waals surface area contributed by atoms with Gasteiger partial charge in [-0.05, 0) is 42.0 Å². The average Bonchev–Trinajstić information content (AvgIpc) is 3.42. The molecule has 1 fully saturated rings. The van der Waals surface area contributed by atoms with E-state index in [0.29, 0.717) is 5.56 Å². The number of amides is 1. The molecule has 2 aromatic carbocycles. The van der Waals surface area contributed by atoms with E-state index in [9.17, 15) is 30.8 Å². The zero-order chi connectivity index (χ0) is 24.7. The first-order chi connectivity index (χ1) is 15.9.